The second kappa shape index (κ2) is 4.67. The molecule has 18 heavy (non-hydrogen) atoms. The van der Waals surface area contributed by atoms with Gasteiger partial charge in [-0.25, -0.2) is 9.38 Å². The van der Waals surface area contributed by atoms with Crippen molar-refractivity contribution >= 4 is 19.2 Å². The topological polar surface area (TPSA) is 76.4 Å². The van der Waals surface area contributed by atoms with Crippen LogP contribution in [0.5, 0.6) is 0 Å². The number of halogens is 1. The summed E-state index contributed by atoms with van der Waals surface area (Å²) in [6.45, 7) is 4.18. The molecule has 1 aliphatic heterocycles. The Balaban J connectivity index is 2.60. The van der Waals surface area contributed by atoms with E-state index in [9.17, 15) is 4.39 Å². The second-order valence-corrected chi connectivity index (χ2v) is 6.58. The fourth-order valence-corrected chi connectivity index (χ4v) is 3.01. The van der Waals surface area contributed by atoms with Gasteiger partial charge in [-0.1, -0.05) is 32.2 Å². The van der Waals surface area contributed by atoms with Crippen molar-refractivity contribution in [3.05, 3.63) is 41.9 Å². The molecule has 1 atom stereocenters. The number of nitrogens with one attached hydrogen (secondary N) is 1. The number of nitrogens with zero attached hydrogens (tertiary/aromatic N) is 1. The van der Waals surface area contributed by atoms with Gasteiger partial charge in [-0.3, -0.25) is 5.73 Å². The number of hydrogen-bond acceptors (Lipinski definition) is 4. The van der Waals surface area contributed by atoms with Gasteiger partial charge in [0.15, 0.2) is 17.4 Å². The second-order valence-electron chi connectivity index (χ2n) is 4.31. The largest absolute Gasteiger partial charge is 0.370 e. The quantitative estimate of drug-likeness (QED) is 0.696. The predicted molar refractivity (Wildman–Crippen MR) is 74.7 cm³/mol. The molecule has 1 unspecified atom stereocenters. The van der Waals surface area contributed by atoms with Crippen LogP contribution in [0.1, 0.15) is 5.56 Å². The van der Waals surface area contributed by atoms with E-state index in [4.69, 9.17) is 11.5 Å². The van der Waals surface area contributed by atoms with E-state index in [1.165, 1.54) is 0 Å². The van der Waals surface area contributed by atoms with Crippen LogP contribution in [-0.2, 0) is 5.66 Å². The first kappa shape index (κ1) is 13.0. The fourth-order valence-electron chi connectivity index (χ4n) is 1.90. The molecule has 0 saturated carbocycles. The predicted octanol–water partition coefficient (Wildman–Crippen LogP) is 0.894. The van der Waals surface area contributed by atoms with Crippen LogP contribution in [0.25, 0.3) is 0 Å². The van der Waals surface area contributed by atoms with Crippen LogP contribution in [0.3, 0.4) is 0 Å². The highest BCUT2D eigenvalue weighted by Gasteiger charge is 2.37. The summed E-state index contributed by atoms with van der Waals surface area (Å²) in [6, 6.07) is 7.50. The molecule has 0 aromatic heterocycles. The van der Waals surface area contributed by atoms with Gasteiger partial charge in [-0.2, -0.15) is 0 Å². The van der Waals surface area contributed by atoms with Gasteiger partial charge >= 0.3 is 0 Å². The summed E-state index contributed by atoms with van der Waals surface area (Å²) in [7, 11) is -0.411. The molecule has 0 saturated heterocycles. The Morgan fingerprint density at radius 2 is 2.00 bits per heavy atom. The maximum Gasteiger partial charge on any atom is 0.195 e. The van der Waals surface area contributed by atoms with E-state index < -0.39 is 19.4 Å². The zero-order valence-electron chi connectivity index (χ0n) is 10.3. The first-order valence-corrected chi connectivity index (χ1v) is 7.72. The molecule has 0 amide bonds. The maximum absolute atomic E-state index is 14.1. The van der Waals surface area contributed by atoms with Gasteiger partial charge in [0.1, 0.15) is 0 Å². The standard InChI is InChI=1S/C12H16FN4P/c1-18(2)9-6-4-3-5-8(9)12(15)10(13)7-16-11(14)17-12/h3-7H,15H2,1-2H3,(H3,14,16,17). The molecule has 1 aliphatic rings. The highest BCUT2D eigenvalue weighted by atomic mass is 31.1. The zero-order chi connectivity index (χ0) is 13.3. The molecular formula is C12H16FN4P. The summed E-state index contributed by atoms with van der Waals surface area (Å²) in [5, 5.41) is 3.55. The lowest BCUT2D eigenvalue weighted by molar-refractivity contribution is 0.413. The van der Waals surface area contributed by atoms with Crippen LogP contribution in [0.15, 0.2) is 41.3 Å². The fraction of sp³-hybridized carbons (Fsp3) is 0.250. The average molecular weight is 266 g/mol. The lowest BCUT2D eigenvalue weighted by Crippen LogP contribution is -2.46. The Labute approximate surface area is 107 Å². The molecule has 0 fully saturated rings. The molecule has 6 heteroatoms. The minimum Gasteiger partial charge on any atom is -0.370 e. The first-order chi connectivity index (χ1) is 8.45. The highest BCUT2D eigenvalue weighted by Crippen LogP contribution is 2.35. The first-order valence-electron chi connectivity index (χ1n) is 5.49. The van der Waals surface area contributed by atoms with Gasteiger partial charge in [-0.05, 0) is 18.6 Å². The van der Waals surface area contributed by atoms with Crippen molar-refractivity contribution in [2.24, 2.45) is 16.5 Å². The van der Waals surface area contributed by atoms with E-state index in [-0.39, 0.29) is 5.96 Å². The van der Waals surface area contributed by atoms with Crippen molar-refractivity contribution in [1.82, 2.24) is 5.32 Å². The van der Waals surface area contributed by atoms with E-state index in [1.807, 2.05) is 18.2 Å². The van der Waals surface area contributed by atoms with Crippen LogP contribution < -0.4 is 22.1 Å². The lowest BCUT2D eigenvalue weighted by atomic mass is 9.99. The Hall–Kier alpha value is -1.45. The van der Waals surface area contributed by atoms with Crippen molar-refractivity contribution in [3.63, 3.8) is 0 Å². The monoisotopic (exact) mass is 266 g/mol. The molecule has 4 nitrogen and oxygen atoms in total. The zero-order valence-corrected chi connectivity index (χ0v) is 11.2. The van der Waals surface area contributed by atoms with Gasteiger partial charge in [0, 0.05) is 11.8 Å². The molecular weight excluding hydrogens is 250 g/mol. The van der Waals surface area contributed by atoms with Crippen molar-refractivity contribution in [2.45, 2.75) is 5.66 Å². The number of rotatable bonds is 2. The summed E-state index contributed by atoms with van der Waals surface area (Å²) in [4.78, 5) is 4.04. The van der Waals surface area contributed by atoms with Gasteiger partial charge in [0.2, 0.25) is 0 Å². The third-order valence-electron chi connectivity index (χ3n) is 2.80. The molecule has 0 radical (unpaired) electrons. The average Bonchev–Trinajstić information content (AvgIpc) is 2.34. The van der Waals surface area contributed by atoms with Gasteiger partial charge < -0.3 is 11.1 Å². The molecule has 5 N–H and O–H groups in total. The summed E-state index contributed by atoms with van der Waals surface area (Å²) in [5.74, 6) is -0.425. The molecule has 96 valence electrons. The molecule has 0 spiro atoms. The highest BCUT2D eigenvalue weighted by molar-refractivity contribution is 7.64. The summed E-state index contributed by atoms with van der Waals surface area (Å²) in [5.41, 5.74) is 10.9. The van der Waals surface area contributed by atoms with E-state index in [0.29, 0.717) is 5.56 Å². The number of benzene rings is 1. The summed E-state index contributed by atoms with van der Waals surface area (Å²) >= 11 is 0. The molecule has 1 heterocycles. The Morgan fingerprint density at radius 1 is 1.33 bits per heavy atom. The van der Waals surface area contributed by atoms with Crippen molar-refractivity contribution in [2.75, 3.05) is 13.3 Å². The van der Waals surface area contributed by atoms with Crippen LogP contribution in [0.4, 0.5) is 4.39 Å². The Bertz CT molecular complexity index is 527. The number of hydrogen-bond donors (Lipinski definition) is 3. The molecule has 0 aliphatic carbocycles. The van der Waals surface area contributed by atoms with Crippen LogP contribution in [0, 0.1) is 0 Å². The van der Waals surface area contributed by atoms with Crippen LogP contribution in [0.2, 0.25) is 0 Å². The van der Waals surface area contributed by atoms with Crippen molar-refractivity contribution in [1.29, 1.82) is 0 Å². The SMILES string of the molecule is CP(C)c1ccccc1C1(N)N=C(N)NC=C1F. The van der Waals surface area contributed by atoms with E-state index >= 15 is 0 Å². The van der Waals surface area contributed by atoms with Crippen LogP contribution in [-0.4, -0.2) is 19.3 Å². The van der Waals surface area contributed by atoms with E-state index in [2.05, 4.69) is 23.6 Å². The molecule has 0 bridgehead atoms. The van der Waals surface area contributed by atoms with Gasteiger partial charge in [0.05, 0.1) is 0 Å². The maximum atomic E-state index is 14.1. The van der Waals surface area contributed by atoms with E-state index in [0.717, 1.165) is 11.5 Å². The van der Waals surface area contributed by atoms with Crippen molar-refractivity contribution < 1.29 is 4.39 Å². The molecule has 1 aromatic carbocycles. The van der Waals surface area contributed by atoms with Crippen molar-refractivity contribution in [3.8, 4) is 0 Å². The smallest absolute Gasteiger partial charge is 0.195 e. The Morgan fingerprint density at radius 3 is 2.67 bits per heavy atom. The summed E-state index contributed by atoms with van der Waals surface area (Å²) in [6.07, 6.45) is 1.16. The normalized spacial score (nSPS) is 23.4. The number of guanidine groups is 1. The van der Waals surface area contributed by atoms with Gasteiger partial charge in [-0.15, -0.1) is 0 Å². The molecule has 2 rings (SSSR count). The Kier molecular flexibility index (Phi) is 3.37. The minimum atomic E-state index is -1.52. The minimum absolute atomic E-state index is 0.116. The van der Waals surface area contributed by atoms with E-state index in [1.54, 1.807) is 6.07 Å². The lowest BCUT2D eigenvalue weighted by Gasteiger charge is -2.30. The van der Waals surface area contributed by atoms with Gasteiger partial charge in [0.25, 0.3) is 0 Å². The third kappa shape index (κ3) is 2.11. The number of nitrogens with two attached hydrogens (primary N) is 2. The third-order valence-corrected chi connectivity index (χ3v) is 4.16. The summed E-state index contributed by atoms with van der Waals surface area (Å²) < 4.78 is 14.1. The molecule has 1 aromatic rings. The van der Waals surface area contributed by atoms with Crippen LogP contribution >= 0.6 is 7.92 Å². The number of aliphatic imine (C=N–C) groups is 1.